The molecule has 3 aromatic rings. The smallest absolute Gasteiger partial charge is 0.349 e. The molecule has 32 heavy (non-hydrogen) atoms. The van der Waals surface area contributed by atoms with E-state index in [1.165, 1.54) is 17.4 Å². The summed E-state index contributed by atoms with van der Waals surface area (Å²) in [6, 6.07) is 8.54. The first-order valence-corrected chi connectivity index (χ1v) is 11.7. The van der Waals surface area contributed by atoms with Crippen LogP contribution in [0.25, 0.3) is 11.0 Å². The first-order valence-electron chi connectivity index (χ1n) is 10.8. The molecule has 0 radical (unpaired) electrons. The van der Waals surface area contributed by atoms with Crippen molar-refractivity contribution in [3.63, 3.8) is 0 Å². The molecule has 2 aromatic heterocycles. The molecular weight excluding hydrogens is 426 g/mol. The van der Waals surface area contributed by atoms with Gasteiger partial charge in [-0.25, -0.2) is 9.59 Å². The van der Waals surface area contributed by atoms with Crippen LogP contribution >= 0.6 is 11.3 Å². The van der Waals surface area contributed by atoms with Crippen molar-refractivity contribution in [3.8, 4) is 0 Å². The summed E-state index contributed by atoms with van der Waals surface area (Å²) in [5.41, 5.74) is 1.12. The number of hydrogen-bond donors (Lipinski definition) is 1. The van der Waals surface area contributed by atoms with Crippen LogP contribution in [-0.4, -0.2) is 18.5 Å². The Bertz CT molecular complexity index is 1250. The Morgan fingerprint density at radius 3 is 2.72 bits per heavy atom. The molecular formula is C25H27NO5S. The number of fused-ring (bicyclic) bond motifs is 2. The number of amides is 1. The predicted octanol–water partition coefficient (Wildman–Crippen LogP) is 5.43. The third-order valence-electron chi connectivity index (χ3n) is 6.08. The van der Waals surface area contributed by atoms with Gasteiger partial charge in [-0.3, -0.25) is 4.79 Å². The molecule has 1 atom stereocenters. The normalized spacial score (nSPS) is 15.9. The lowest BCUT2D eigenvalue weighted by molar-refractivity contribution is 0.0526. The third kappa shape index (κ3) is 4.21. The van der Waals surface area contributed by atoms with E-state index in [9.17, 15) is 14.4 Å². The van der Waals surface area contributed by atoms with Crippen molar-refractivity contribution in [1.29, 1.82) is 0 Å². The van der Waals surface area contributed by atoms with E-state index in [-0.39, 0.29) is 17.6 Å². The van der Waals surface area contributed by atoms with E-state index < -0.39 is 17.5 Å². The van der Waals surface area contributed by atoms with E-state index in [0.29, 0.717) is 27.5 Å². The number of carbonyl (C=O) groups is 2. The van der Waals surface area contributed by atoms with Crippen molar-refractivity contribution in [1.82, 2.24) is 0 Å². The van der Waals surface area contributed by atoms with Crippen LogP contribution in [-0.2, 0) is 17.6 Å². The zero-order chi connectivity index (χ0) is 23.0. The first-order chi connectivity index (χ1) is 15.2. The molecule has 1 amide bonds. The number of nitrogens with one attached hydrogen (secondary N) is 1. The Labute approximate surface area is 190 Å². The molecule has 4 rings (SSSR count). The lowest BCUT2D eigenvalue weighted by Gasteiger charge is -2.33. The molecule has 1 aliphatic carbocycles. The largest absolute Gasteiger partial charge is 0.462 e. The average Bonchev–Trinajstić information content (AvgIpc) is 3.09. The Hall–Kier alpha value is -2.93. The molecule has 7 heteroatoms. The number of hydrogen-bond acceptors (Lipinski definition) is 6. The van der Waals surface area contributed by atoms with Gasteiger partial charge >= 0.3 is 11.6 Å². The van der Waals surface area contributed by atoms with Gasteiger partial charge in [-0.15, -0.1) is 11.3 Å². The second kappa shape index (κ2) is 8.54. The highest BCUT2D eigenvalue weighted by Gasteiger charge is 2.34. The average molecular weight is 454 g/mol. The SMILES string of the molecule is CCOC(=O)c1c(NC(=O)c2cc3ccccc3oc2=O)sc2c1CC[C@@H](C(C)(C)C)C2. The van der Waals surface area contributed by atoms with Crippen molar-refractivity contribution in [2.45, 2.75) is 47.0 Å². The molecule has 168 valence electrons. The van der Waals surface area contributed by atoms with Crippen molar-refractivity contribution in [3.05, 3.63) is 62.3 Å². The van der Waals surface area contributed by atoms with E-state index in [1.807, 2.05) is 6.07 Å². The van der Waals surface area contributed by atoms with Gasteiger partial charge in [0.2, 0.25) is 0 Å². The minimum absolute atomic E-state index is 0.0996. The van der Waals surface area contributed by atoms with Crippen LogP contribution in [0.5, 0.6) is 0 Å². The van der Waals surface area contributed by atoms with Gasteiger partial charge in [0.1, 0.15) is 16.1 Å². The third-order valence-corrected chi connectivity index (χ3v) is 7.25. The first kappa shape index (κ1) is 22.3. The second-order valence-electron chi connectivity index (χ2n) is 9.17. The number of para-hydroxylation sites is 1. The van der Waals surface area contributed by atoms with Crippen LogP contribution in [0.15, 0.2) is 39.5 Å². The van der Waals surface area contributed by atoms with Crippen molar-refractivity contribution < 1.29 is 18.7 Å². The van der Waals surface area contributed by atoms with E-state index in [4.69, 9.17) is 9.15 Å². The minimum atomic E-state index is -0.715. The number of rotatable bonds is 4. The molecule has 0 saturated carbocycles. The fourth-order valence-corrected chi connectivity index (χ4v) is 5.53. The van der Waals surface area contributed by atoms with E-state index >= 15 is 0 Å². The Morgan fingerprint density at radius 1 is 1.25 bits per heavy atom. The van der Waals surface area contributed by atoms with Crippen molar-refractivity contribution >= 4 is 39.2 Å². The summed E-state index contributed by atoms with van der Waals surface area (Å²) in [7, 11) is 0. The molecule has 1 aromatic carbocycles. The number of carbonyl (C=O) groups excluding carboxylic acids is 2. The van der Waals surface area contributed by atoms with Gasteiger partial charge in [0.05, 0.1) is 12.2 Å². The Morgan fingerprint density at radius 2 is 2.00 bits per heavy atom. The number of ether oxygens (including phenoxy) is 1. The lowest BCUT2D eigenvalue weighted by Crippen LogP contribution is -2.26. The number of esters is 1. The van der Waals surface area contributed by atoms with Crippen LogP contribution in [0, 0.1) is 11.3 Å². The quantitative estimate of drug-likeness (QED) is 0.420. The molecule has 0 unspecified atom stereocenters. The molecule has 0 spiro atoms. The van der Waals surface area contributed by atoms with Crippen LogP contribution in [0.1, 0.15) is 65.3 Å². The van der Waals surface area contributed by atoms with Gasteiger partial charge in [0.15, 0.2) is 0 Å². The Balaban J connectivity index is 1.71. The molecule has 1 N–H and O–H groups in total. The van der Waals surface area contributed by atoms with Crippen molar-refractivity contribution in [2.24, 2.45) is 11.3 Å². The second-order valence-corrected chi connectivity index (χ2v) is 10.3. The van der Waals surface area contributed by atoms with Gasteiger partial charge in [0, 0.05) is 10.3 Å². The van der Waals surface area contributed by atoms with Crippen molar-refractivity contribution in [2.75, 3.05) is 11.9 Å². The summed E-state index contributed by atoms with van der Waals surface area (Å²) in [4.78, 5) is 39.3. The molecule has 0 fully saturated rings. The fraction of sp³-hybridized carbons (Fsp3) is 0.400. The van der Waals surface area contributed by atoms with E-state index in [1.54, 1.807) is 25.1 Å². The lowest BCUT2D eigenvalue weighted by atomic mass is 9.72. The zero-order valence-electron chi connectivity index (χ0n) is 18.7. The van der Waals surface area contributed by atoms with Gasteiger partial charge in [-0.1, -0.05) is 39.0 Å². The zero-order valence-corrected chi connectivity index (χ0v) is 19.6. The summed E-state index contributed by atoms with van der Waals surface area (Å²) in [5.74, 6) is -0.555. The van der Waals surface area contributed by atoms with Gasteiger partial charge in [-0.05, 0) is 55.2 Å². The van der Waals surface area contributed by atoms with Crippen LogP contribution in [0.4, 0.5) is 5.00 Å². The molecule has 1 aliphatic rings. The number of anilines is 1. The molecule has 0 aliphatic heterocycles. The summed E-state index contributed by atoms with van der Waals surface area (Å²) in [6.07, 6.45) is 2.58. The van der Waals surface area contributed by atoms with Crippen LogP contribution in [0.3, 0.4) is 0 Å². The van der Waals surface area contributed by atoms with Crippen LogP contribution < -0.4 is 10.9 Å². The summed E-state index contributed by atoms with van der Waals surface area (Å²) in [5, 5.41) is 3.89. The van der Waals surface area contributed by atoms with Gasteiger partial charge in [0.25, 0.3) is 5.91 Å². The van der Waals surface area contributed by atoms with E-state index in [2.05, 4.69) is 26.1 Å². The fourth-order valence-electron chi connectivity index (χ4n) is 4.22. The van der Waals surface area contributed by atoms with Gasteiger partial charge in [-0.2, -0.15) is 0 Å². The predicted molar refractivity (Wildman–Crippen MR) is 126 cm³/mol. The molecule has 2 heterocycles. The van der Waals surface area contributed by atoms with E-state index in [0.717, 1.165) is 29.7 Å². The summed E-state index contributed by atoms with van der Waals surface area (Å²) >= 11 is 1.40. The maximum Gasteiger partial charge on any atom is 0.349 e. The summed E-state index contributed by atoms with van der Waals surface area (Å²) < 4.78 is 10.6. The summed E-state index contributed by atoms with van der Waals surface area (Å²) in [6.45, 7) is 8.68. The topological polar surface area (TPSA) is 85.6 Å². The standard InChI is InChI=1S/C25H27NO5S/c1-5-30-24(29)20-16-11-10-15(25(2,3)4)13-19(16)32-22(20)26-21(27)17-12-14-8-6-7-9-18(14)31-23(17)28/h6-9,12,15H,5,10-11,13H2,1-4H3,(H,26,27)/t15-/m1/s1. The Kier molecular flexibility index (Phi) is 5.95. The highest BCUT2D eigenvalue weighted by Crippen LogP contribution is 2.44. The highest BCUT2D eigenvalue weighted by atomic mass is 32.1. The minimum Gasteiger partial charge on any atom is -0.462 e. The maximum absolute atomic E-state index is 13.0. The molecule has 0 saturated heterocycles. The number of benzene rings is 1. The highest BCUT2D eigenvalue weighted by molar-refractivity contribution is 7.17. The molecule has 6 nitrogen and oxygen atoms in total. The number of thiophene rings is 1. The molecule has 0 bridgehead atoms. The van der Waals surface area contributed by atoms with Gasteiger partial charge < -0.3 is 14.5 Å². The monoisotopic (exact) mass is 453 g/mol. The van der Waals surface area contributed by atoms with Crippen LogP contribution in [0.2, 0.25) is 0 Å². The maximum atomic E-state index is 13.0.